The first-order valence-electron chi connectivity index (χ1n) is 5.26. The summed E-state index contributed by atoms with van der Waals surface area (Å²) in [6, 6.07) is 6.81. The molecule has 5 nitrogen and oxygen atoms in total. The molecule has 1 atom stereocenters. The number of rotatable bonds is 2. The Labute approximate surface area is 110 Å². The molecule has 0 aliphatic carbocycles. The van der Waals surface area contributed by atoms with E-state index in [-0.39, 0.29) is 6.04 Å². The molecule has 0 radical (unpaired) electrons. The minimum absolute atomic E-state index is 0.345. The molecule has 2 aromatic heterocycles. The van der Waals surface area contributed by atoms with Gasteiger partial charge in [0.25, 0.3) is 0 Å². The Morgan fingerprint density at radius 1 is 1.33 bits per heavy atom. The van der Waals surface area contributed by atoms with Crippen molar-refractivity contribution >= 4 is 27.0 Å². The van der Waals surface area contributed by atoms with Crippen LogP contribution in [0.4, 0.5) is 0 Å². The smallest absolute Gasteiger partial charge is 0.417 e. The van der Waals surface area contributed by atoms with Crippen molar-refractivity contribution in [1.82, 2.24) is 4.98 Å². The van der Waals surface area contributed by atoms with Crippen LogP contribution in [-0.4, -0.2) is 4.98 Å². The van der Waals surface area contributed by atoms with Crippen molar-refractivity contribution in [3.05, 3.63) is 56.9 Å². The maximum atomic E-state index is 11.1. The lowest BCUT2D eigenvalue weighted by Crippen LogP contribution is -2.11. The van der Waals surface area contributed by atoms with Crippen LogP contribution in [0.1, 0.15) is 17.2 Å². The van der Waals surface area contributed by atoms with Gasteiger partial charge in [-0.25, -0.2) is 4.79 Å². The molecule has 0 fully saturated rings. The summed E-state index contributed by atoms with van der Waals surface area (Å²) in [4.78, 5) is 13.7. The lowest BCUT2D eigenvalue weighted by atomic mass is 10.0. The summed E-state index contributed by atoms with van der Waals surface area (Å²) >= 11 is 3.29. The number of oxazole rings is 1. The molecule has 18 heavy (non-hydrogen) atoms. The highest BCUT2D eigenvalue weighted by Crippen LogP contribution is 2.28. The van der Waals surface area contributed by atoms with Gasteiger partial charge in [-0.05, 0) is 39.7 Å². The molecular formula is C12H9BrN2O3. The second-order valence-electron chi connectivity index (χ2n) is 3.90. The highest BCUT2D eigenvalue weighted by atomic mass is 79.9. The molecule has 3 rings (SSSR count). The molecule has 1 aromatic carbocycles. The number of hydrogen-bond donors (Lipinski definition) is 2. The van der Waals surface area contributed by atoms with Gasteiger partial charge in [0.05, 0.1) is 17.8 Å². The Hall–Kier alpha value is -1.79. The third kappa shape index (κ3) is 1.79. The molecule has 0 saturated carbocycles. The second-order valence-corrected chi connectivity index (χ2v) is 4.62. The molecule has 0 saturated heterocycles. The SMILES string of the molecule is NC(c1ccc2[nH]c(=O)oc2c1)c1ccoc1Br. The number of furan rings is 1. The van der Waals surface area contributed by atoms with E-state index in [9.17, 15) is 4.79 Å². The van der Waals surface area contributed by atoms with Gasteiger partial charge in [0.2, 0.25) is 0 Å². The number of nitrogens with one attached hydrogen (secondary N) is 1. The summed E-state index contributed by atoms with van der Waals surface area (Å²) in [5, 5.41) is 0. The summed E-state index contributed by atoms with van der Waals surface area (Å²) in [5.74, 6) is -0.472. The Balaban J connectivity index is 2.09. The van der Waals surface area contributed by atoms with Crippen LogP contribution >= 0.6 is 15.9 Å². The zero-order valence-corrected chi connectivity index (χ0v) is 10.7. The Morgan fingerprint density at radius 3 is 2.89 bits per heavy atom. The van der Waals surface area contributed by atoms with Crippen LogP contribution in [0.25, 0.3) is 11.1 Å². The van der Waals surface area contributed by atoms with Crippen molar-refractivity contribution in [2.24, 2.45) is 5.73 Å². The molecular weight excluding hydrogens is 300 g/mol. The number of fused-ring (bicyclic) bond motifs is 1. The number of halogens is 1. The lowest BCUT2D eigenvalue weighted by Gasteiger charge is -2.10. The van der Waals surface area contributed by atoms with Gasteiger partial charge < -0.3 is 14.6 Å². The number of H-pyrrole nitrogens is 1. The number of nitrogens with two attached hydrogens (primary N) is 1. The van der Waals surface area contributed by atoms with E-state index in [0.717, 1.165) is 11.1 Å². The van der Waals surface area contributed by atoms with E-state index in [1.54, 1.807) is 24.5 Å². The number of hydrogen-bond acceptors (Lipinski definition) is 4. The van der Waals surface area contributed by atoms with Gasteiger partial charge >= 0.3 is 5.76 Å². The standard InChI is InChI=1S/C12H9BrN2O3/c13-11-7(3-4-17-11)10(14)6-1-2-8-9(5-6)18-12(16)15-8/h1-5,10H,14H2,(H,15,16). The number of benzene rings is 1. The summed E-state index contributed by atoms with van der Waals surface area (Å²) < 4.78 is 10.8. The van der Waals surface area contributed by atoms with E-state index in [1.165, 1.54) is 0 Å². The summed E-state index contributed by atoms with van der Waals surface area (Å²) in [7, 11) is 0. The average molecular weight is 309 g/mol. The van der Waals surface area contributed by atoms with Crippen LogP contribution in [-0.2, 0) is 0 Å². The number of aromatic amines is 1. The van der Waals surface area contributed by atoms with Gasteiger partial charge in [-0.3, -0.25) is 4.98 Å². The normalized spacial score (nSPS) is 13.0. The fraction of sp³-hybridized carbons (Fsp3) is 0.0833. The van der Waals surface area contributed by atoms with Gasteiger partial charge in [0.1, 0.15) is 0 Å². The minimum Gasteiger partial charge on any atom is -0.457 e. The highest BCUT2D eigenvalue weighted by Gasteiger charge is 2.15. The second kappa shape index (κ2) is 4.15. The van der Waals surface area contributed by atoms with Crippen LogP contribution in [0.15, 0.2) is 48.8 Å². The molecule has 0 amide bonds. The largest absolute Gasteiger partial charge is 0.457 e. The summed E-state index contributed by atoms with van der Waals surface area (Å²) in [6.45, 7) is 0. The topological polar surface area (TPSA) is 85.2 Å². The molecule has 2 heterocycles. The van der Waals surface area contributed by atoms with E-state index in [1.807, 2.05) is 6.07 Å². The number of aromatic nitrogens is 1. The van der Waals surface area contributed by atoms with Crippen molar-refractivity contribution in [3.63, 3.8) is 0 Å². The molecule has 6 heteroatoms. The van der Waals surface area contributed by atoms with Crippen LogP contribution in [0.3, 0.4) is 0 Å². The molecule has 0 bridgehead atoms. The molecule has 1 unspecified atom stereocenters. The fourth-order valence-corrected chi connectivity index (χ4v) is 2.35. The Morgan fingerprint density at radius 2 is 2.17 bits per heavy atom. The van der Waals surface area contributed by atoms with Crippen LogP contribution < -0.4 is 11.5 Å². The maximum Gasteiger partial charge on any atom is 0.417 e. The third-order valence-corrected chi connectivity index (χ3v) is 3.43. The zero-order chi connectivity index (χ0) is 12.7. The van der Waals surface area contributed by atoms with Crippen molar-refractivity contribution in [1.29, 1.82) is 0 Å². The fourth-order valence-electron chi connectivity index (χ4n) is 1.86. The van der Waals surface area contributed by atoms with E-state index < -0.39 is 5.76 Å². The third-order valence-electron chi connectivity index (χ3n) is 2.79. The monoisotopic (exact) mass is 308 g/mol. The first kappa shape index (κ1) is 11.3. The van der Waals surface area contributed by atoms with Gasteiger partial charge in [-0.15, -0.1) is 0 Å². The van der Waals surface area contributed by atoms with Crippen LogP contribution in [0.5, 0.6) is 0 Å². The highest BCUT2D eigenvalue weighted by molar-refractivity contribution is 9.10. The first-order valence-corrected chi connectivity index (χ1v) is 6.05. The molecule has 0 aliphatic heterocycles. The predicted molar refractivity (Wildman–Crippen MR) is 69.3 cm³/mol. The molecule has 3 N–H and O–H groups in total. The molecule has 0 aliphatic rings. The molecule has 92 valence electrons. The maximum absolute atomic E-state index is 11.1. The van der Waals surface area contributed by atoms with E-state index in [4.69, 9.17) is 14.6 Å². The summed E-state index contributed by atoms with van der Waals surface area (Å²) in [5.41, 5.74) is 8.97. The Bertz CT molecular complexity index is 756. The van der Waals surface area contributed by atoms with E-state index in [0.29, 0.717) is 15.8 Å². The van der Waals surface area contributed by atoms with E-state index >= 15 is 0 Å². The zero-order valence-electron chi connectivity index (χ0n) is 9.14. The predicted octanol–water partition coefficient (Wildman–Crippen LogP) is 2.52. The van der Waals surface area contributed by atoms with Crippen LogP contribution in [0, 0.1) is 0 Å². The van der Waals surface area contributed by atoms with Crippen LogP contribution in [0.2, 0.25) is 0 Å². The minimum atomic E-state index is -0.472. The lowest BCUT2D eigenvalue weighted by molar-refractivity contribution is 0.534. The van der Waals surface area contributed by atoms with Crippen molar-refractivity contribution in [2.45, 2.75) is 6.04 Å². The van der Waals surface area contributed by atoms with Crippen molar-refractivity contribution < 1.29 is 8.83 Å². The van der Waals surface area contributed by atoms with Crippen molar-refractivity contribution in [3.8, 4) is 0 Å². The average Bonchev–Trinajstić information content (AvgIpc) is 2.91. The van der Waals surface area contributed by atoms with Gasteiger partial charge in [-0.2, -0.15) is 0 Å². The van der Waals surface area contributed by atoms with Gasteiger partial charge in [0, 0.05) is 5.56 Å². The first-order chi connectivity index (χ1) is 8.65. The van der Waals surface area contributed by atoms with Gasteiger partial charge in [0.15, 0.2) is 10.3 Å². The quantitative estimate of drug-likeness (QED) is 0.761. The Kier molecular flexibility index (Phi) is 2.61. The summed E-state index contributed by atoms with van der Waals surface area (Å²) in [6.07, 6.45) is 1.56. The van der Waals surface area contributed by atoms with Gasteiger partial charge in [-0.1, -0.05) is 6.07 Å². The van der Waals surface area contributed by atoms with E-state index in [2.05, 4.69) is 20.9 Å². The molecule has 3 aromatic rings. The van der Waals surface area contributed by atoms with Crippen molar-refractivity contribution in [2.75, 3.05) is 0 Å². The molecule has 0 spiro atoms.